The summed E-state index contributed by atoms with van der Waals surface area (Å²) in [5.41, 5.74) is 1.22. The van der Waals surface area contributed by atoms with Crippen molar-refractivity contribution >= 4 is 17.7 Å². The first-order chi connectivity index (χ1) is 10.3. The number of benzene rings is 1. The predicted octanol–water partition coefficient (Wildman–Crippen LogP) is 3.02. The molecule has 0 saturated heterocycles. The van der Waals surface area contributed by atoms with Crippen LogP contribution in [0.25, 0.3) is 0 Å². The second kappa shape index (κ2) is 8.54. The highest BCUT2D eigenvalue weighted by molar-refractivity contribution is 7.99. The number of rotatable bonds is 8. The number of carbonyl (C=O) groups excluding carboxylic acids is 1. The van der Waals surface area contributed by atoms with E-state index < -0.39 is 0 Å². The summed E-state index contributed by atoms with van der Waals surface area (Å²) in [5, 5.41) is 2.86. The minimum Gasteiger partial charge on any atom is -0.467 e. The van der Waals surface area contributed by atoms with Gasteiger partial charge in [0.1, 0.15) is 11.9 Å². The second-order valence-corrected chi connectivity index (χ2v) is 5.51. The van der Waals surface area contributed by atoms with Crippen molar-refractivity contribution in [3.63, 3.8) is 0 Å². The maximum atomic E-state index is 11.8. The van der Waals surface area contributed by atoms with Gasteiger partial charge in [-0.3, -0.25) is 4.79 Å². The van der Waals surface area contributed by atoms with E-state index in [0.717, 1.165) is 11.5 Å². The summed E-state index contributed by atoms with van der Waals surface area (Å²) in [4.78, 5) is 11.8. The van der Waals surface area contributed by atoms with Crippen LogP contribution in [0.5, 0.6) is 0 Å². The van der Waals surface area contributed by atoms with Gasteiger partial charge in [-0.05, 0) is 17.7 Å². The molecule has 112 valence electrons. The van der Waals surface area contributed by atoms with Crippen molar-refractivity contribution in [2.45, 2.75) is 11.9 Å². The van der Waals surface area contributed by atoms with E-state index in [2.05, 4.69) is 17.4 Å². The topological polar surface area (TPSA) is 51.5 Å². The molecule has 2 aromatic rings. The van der Waals surface area contributed by atoms with Crippen LogP contribution in [0.15, 0.2) is 53.1 Å². The van der Waals surface area contributed by atoms with E-state index in [1.54, 1.807) is 31.2 Å². The maximum Gasteiger partial charge on any atom is 0.230 e. The third-order valence-electron chi connectivity index (χ3n) is 2.97. The van der Waals surface area contributed by atoms with Crippen molar-refractivity contribution in [1.29, 1.82) is 0 Å². The van der Waals surface area contributed by atoms with Crippen LogP contribution in [-0.4, -0.2) is 25.3 Å². The number of furan rings is 1. The number of ether oxygens (including phenoxy) is 1. The van der Waals surface area contributed by atoms with Gasteiger partial charge >= 0.3 is 0 Å². The zero-order valence-electron chi connectivity index (χ0n) is 12.0. The van der Waals surface area contributed by atoms with E-state index in [-0.39, 0.29) is 12.0 Å². The zero-order valence-corrected chi connectivity index (χ0v) is 12.8. The van der Waals surface area contributed by atoms with Crippen molar-refractivity contribution in [2.24, 2.45) is 0 Å². The molecule has 0 saturated carbocycles. The number of carbonyl (C=O) groups is 1. The van der Waals surface area contributed by atoms with Crippen LogP contribution < -0.4 is 5.32 Å². The third kappa shape index (κ3) is 5.28. The number of hydrogen-bond acceptors (Lipinski definition) is 4. The van der Waals surface area contributed by atoms with Crippen LogP contribution in [0.3, 0.4) is 0 Å². The highest BCUT2D eigenvalue weighted by atomic mass is 32.2. The first-order valence-electron chi connectivity index (χ1n) is 6.74. The average molecular weight is 305 g/mol. The Morgan fingerprint density at radius 2 is 2.10 bits per heavy atom. The highest BCUT2D eigenvalue weighted by Gasteiger charge is 2.14. The number of thioether (sulfide) groups is 1. The van der Waals surface area contributed by atoms with Gasteiger partial charge in [0.2, 0.25) is 5.91 Å². The lowest BCUT2D eigenvalue weighted by atomic mass is 10.2. The normalized spacial score (nSPS) is 12.0. The summed E-state index contributed by atoms with van der Waals surface area (Å²) in [5.74, 6) is 1.99. The van der Waals surface area contributed by atoms with E-state index >= 15 is 0 Å². The maximum absolute atomic E-state index is 11.8. The first-order valence-corrected chi connectivity index (χ1v) is 7.89. The molecule has 0 aliphatic heterocycles. The SMILES string of the molecule is CO[C@H](CNC(=O)CSCc1ccccc1)c1ccco1. The van der Waals surface area contributed by atoms with E-state index in [4.69, 9.17) is 9.15 Å². The largest absolute Gasteiger partial charge is 0.467 e. The van der Waals surface area contributed by atoms with Crippen molar-refractivity contribution in [2.75, 3.05) is 19.4 Å². The molecule has 0 aliphatic rings. The van der Waals surface area contributed by atoms with Gasteiger partial charge in [-0.25, -0.2) is 0 Å². The molecule has 2 rings (SSSR count). The zero-order chi connectivity index (χ0) is 14.9. The molecule has 1 atom stereocenters. The van der Waals surface area contributed by atoms with Crippen molar-refractivity contribution in [3.8, 4) is 0 Å². The molecular weight excluding hydrogens is 286 g/mol. The number of amides is 1. The molecule has 1 amide bonds. The minimum atomic E-state index is -0.247. The third-order valence-corrected chi connectivity index (χ3v) is 3.98. The quantitative estimate of drug-likeness (QED) is 0.814. The predicted molar refractivity (Wildman–Crippen MR) is 84.1 cm³/mol. The van der Waals surface area contributed by atoms with Crippen LogP contribution in [0, 0.1) is 0 Å². The van der Waals surface area contributed by atoms with Gasteiger partial charge < -0.3 is 14.5 Å². The Hall–Kier alpha value is -1.72. The molecule has 21 heavy (non-hydrogen) atoms. The molecular formula is C16H19NO3S. The molecule has 0 bridgehead atoms. The molecule has 0 radical (unpaired) electrons. The summed E-state index contributed by atoms with van der Waals surface area (Å²) in [6.07, 6.45) is 1.35. The summed E-state index contributed by atoms with van der Waals surface area (Å²) in [6, 6.07) is 13.8. The Labute approximate surface area is 128 Å². The van der Waals surface area contributed by atoms with Gasteiger partial charge in [0, 0.05) is 12.9 Å². The molecule has 0 fully saturated rings. The Kier molecular flexibility index (Phi) is 6.37. The molecule has 1 aromatic heterocycles. The molecule has 0 spiro atoms. The Morgan fingerprint density at radius 1 is 1.29 bits per heavy atom. The monoisotopic (exact) mass is 305 g/mol. The van der Waals surface area contributed by atoms with E-state index in [9.17, 15) is 4.79 Å². The molecule has 1 heterocycles. The summed E-state index contributed by atoms with van der Waals surface area (Å²) >= 11 is 1.59. The Morgan fingerprint density at radius 3 is 2.76 bits per heavy atom. The lowest BCUT2D eigenvalue weighted by Gasteiger charge is -2.13. The van der Waals surface area contributed by atoms with Gasteiger partial charge in [0.15, 0.2) is 0 Å². The standard InChI is InChI=1S/C16H19NO3S/c1-19-15(14-8-5-9-20-14)10-17-16(18)12-21-11-13-6-3-2-4-7-13/h2-9,15H,10-12H2,1H3,(H,17,18)/t15-/m1/s1. The molecule has 0 aliphatic carbocycles. The number of nitrogens with one attached hydrogen (secondary N) is 1. The van der Waals surface area contributed by atoms with Crippen LogP contribution in [0.1, 0.15) is 17.4 Å². The van der Waals surface area contributed by atoms with Gasteiger partial charge in [0.25, 0.3) is 0 Å². The summed E-state index contributed by atoms with van der Waals surface area (Å²) < 4.78 is 10.6. The van der Waals surface area contributed by atoms with Gasteiger partial charge in [-0.2, -0.15) is 0 Å². The van der Waals surface area contributed by atoms with E-state index in [1.807, 2.05) is 24.3 Å². The molecule has 1 aromatic carbocycles. The van der Waals surface area contributed by atoms with Crippen LogP contribution >= 0.6 is 11.8 Å². The minimum absolute atomic E-state index is 0.00420. The van der Waals surface area contributed by atoms with Crippen molar-refractivity contribution in [3.05, 3.63) is 60.1 Å². The Balaban J connectivity index is 1.67. The molecule has 1 N–H and O–H groups in total. The lowest BCUT2D eigenvalue weighted by molar-refractivity contribution is -0.119. The fraction of sp³-hybridized carbons (Fsp3) is 0.312. The number of methoxy groups -OCH3 is 1. The van der Waals surface area contributed by atoms with E-state index in [1.165, 1.54) is 5.56 Å². The lowest BCUT2D eigenvalue weighted by Crippen LogP contribution is -2.30. The van der Waals surface area contributed by atoms with Crippen LogP contribution in [-0.2, 0) is 15.3 Å². The smallest absolute Gasteiger partial charge is 0.230 e. The number of hydrogen-bond donors (Lipinski definition) is 1. The molecule has 0 unspecified atom stereocenters. The van der Waals surface area contributed by atoms with Gasteiger partial charge in [-0.1, -0.05) is 30.3 Å². The van der Waals surface area contributed by atoms with E-state index in [0.29, 0.717) is 12.3 Å². The van der Waals surface area contributed by atoms with Crippen molar-refractivity contribution < 1.29 is 13.9 Å². The molecule has 5 heteroatoms. The van der Waals surface area contributed by atoms with Crippen LogP contribution in [0.4, 0.5) is 0 Å². The highest BCUT2D eigenvalue weighted by Crippen LogP contribution is 2.16. The fourth-order valence-electron chi connectivity index (χ4n) is 1.87. The Bertz CT molecular complexity index is 528. The van der Waals surface area contributed by atoms with Gasteiger partial charge in [-0.15, -0.1) is 11.8 Å². The first kappa shape index (κ1) is 15.7. The molecule has 4 nitrogen and oxygen atoms in total. The van der Waals surface area contributed by atoms with Crippen LogP contribution in [0.2, 0.25) is 0 Å². The summed E-state index contributed by atoms with van der Waals surface area (Å²) in [6.45, 7) is 0.411. The summed E-state index contributed by atoms with van der Waals surface area (Å²) in [7, 11) is 1.60. The van der Waals surface area contributed by atoms with Crippen molar-refractivity contribution in [1.82, 2.24) is 5.32 Å². The second-order valence-electron chi connectivity index (χ2n) is 4.52. The van der Waals surface area contributed by atoms with Gasteiger partial charge in [0.05, 0.1) is 18.6 Å². The fourth-order valence-corrected chi connectivity index (χ4v) is 2.69. The average Bonchev–Trinajstić information content (AvgIpc) is 3.03.